The first-order valence-electron chi connectivity index (χ1n) is 8.12. The highest BCUT2D eigenvalue weighted by molar-refractivity contribution is 5.98. The Labute approximate surface area is 158 Å². The molecule has 28 heavy (non-hydrogen) atoms. The van der Waals surface area contributed by atoms with E-state index in [0.29, 0.717) is 16.9 Å². The number of carboxylic acid groups (broad SMARTS) is 1. The van der Waals surface area contributed by atoms with Gasteiger partial charge in [-0.25, -0.2) is 9.59 Å². The summed E-state index contributed by atoms with van der Waals surface area (Å²) in [4.78, 5) is 47.0. The molecule has 0 aliphatic carbocycles. The number of hydrogen-bond donors (Lipinski definition) is 2. The number of aromatic carboxylic acids is 1. The van der Waals surface area contributed by atoms with Crippen LogP contribution in [0.4, 0.5) is 17.1 Å². The second-order valence-corrected chi connectivity index (χ2v) is 6.12. The first-order chi connectivity index (χ1) is 13.2. The normalized spacial score (nSPS) is 12.8. The van der Waals surface area contributed by atoms with Crippen LogP contribution in [0.2, 0.25) is 0 Å². The van der Waals surface area contributed by atoms with E-state index in [1.165, 1.54) is 29.2 Å². The molecule has 2 aromatic carbocycles. The van der Waals surface area contributed by atoms with Gasteiger partial charge in [0.25, 0.3) is 5.69 Å². The largest absolute Gasteiger partial charge is 0.478 e. The zero-order chi connectivity index (χ0) is 20.4. The number of benzene rings is 2. The molecule has 1 amide bonds. The first-order valence-corrected chi connectivity index (χ1v) is 8.12. The number of carboxylic acids is 1. The minimum Gasteiger partial charge on any atom is -0.478 e. The SMILES string of the molecule is Cc1ccc(C(=O)O)cc1NC(=O)CN1CC(=O)Oc2cc([N+](=O)[O-])ccc21. The zero-order valence-electron chi connectivity index (χ0n) is 14.7. The predicted molar refractivity (Wildman–Crippen MR) is 97.7 cm³/mol. The molecule has 0 bridgehead atoms. The average Bonchev–Trinajstić information content (AvgIpc) is 2.62. The molecule has 1 aliphatic rings. The zero-order valence-corrected chi connectivity index (χ0v) is 14.7. The Kier molecular flexibility index (Phi) is 4.94. The third kappa shape index (κ3) is 3.90. The average molecular weight is 385 g/mol. The van der Waals surface area contributed by atoms with E-state index in [-0.39, 0.29) is 30.1 Å². The molecule has 0 saturated heterocycles. The molecule has 3 rings (SSSR count). The van der Waals surface area contributed by atoms with Crippen LogP contribution in [0.15, 0.2) is 36.4 Å². The number of amides is 1. The van der Waals surface area contributed by atoms with Gasteiger partial charge in [-0.2, -0.15) is 0 Å². The Morgan fingerprint density at radius 1 is 1.29 bits per heavy atom. The molecule has 1 heterocycles. The van der Waals surface area contributed by atoms with Crippen LogP contribution >= 0.6 is 0 Å². The van der Waals surface area contributed by atoms with E-state index in [0.717, 1.165) is 6.07 Å². The second kappa shape index (κ2) is 7.35. The number of rotatable bonds is 5. The molecule has 0 atom stereocenters. The van der Waals surface area contributed by atoms with Crippen molar-refractivity contribution in [3.63, 3.8) is 0 Å². The van der Waals surface area contributed by atoms with Gasteiger partial charge in [0.15, 0.2) is 5.75 Å². The summed E-state index contributed by atoms with van der Waals surface area (Å²) in [5, 5.41) is 22.6. The molecule has 10 nitrogen and oxygen atoms in total. The number of nitro benzene ring substituents is 1. The Bertz CT molecular complexity index is 1000. The Balaban J connectivity index is 1.80. The number of nitro groups is 1. The van der Waals surface area contributed by atoms with Crippen LogP contribution in [0, 0.1) is 17.0 Å². The van der Waals surface area contributed by atoms with E-state index >= 15 is 0 Å². The number of nitrogens with zero attached hydrogens (tertiary/aromatic N) is 2. The van der Waals surface area contributed by atoms with Gasteiger partial charge in [0.05, 0.1) is 28.8 Å². The van der Waals surface area contributed by atoms with Gasteiger partial charge in [0.2, 0.25) is 5.91 Å². The van der Waals surface area contributed by atoms with E-state index in [4.69, 9.17) is 9.84 Å². The molecule has 144 valence electrons. The number of non-ortho nitro benzene ring substituents is 1. The summed E-state index contributed by atoms with van der Waals surface area (Å²) in [7, 11) is 0. The van der Waals surface area contributed by atoms with Crippen molar-refractivity contribution in [1.82, 2.24) is 0 Å². The van der Waals surface area contributed by atoms with E-state index in [9.17, 15) is 24.5 Å². The molecule has 2 aromatic rings. The van der Waals surface area contributed by atoms with Crippen molar-refractivity contribution in [2.24, 2.45) is 0 Å². The molecule has 1 aliphatic heterocycles. The molecule has 0 unspecified atom stereocenters. The lowest BCUT2D eigenvalue weighted by Gasteiger charge is -2.29. The van der Waals surface area contributed by atoms with Crippen molar-refractivity contribution in [2.75, 3.05) is 23.3 Å². The molecule has 0 saturated carbocycles. The lowest BCUT2D eigenvalue weighted by atomic mass is 10.1. The highest BCUT2D eigenvalue weighted by Gasteiger charge is 2.27. The maximum absolute atomic E-state index is 12.4. The van der Waals surface area contributed by atoms with Crippen LogP contribution in [0.25, 0.3) is 0 Å². The van der Waals surface area contributed by atoms with Crippen molar-refractivity contribution in [3.8, 4) is 5.75 Å². The highest BCUT2D eigenvalue weighted by Crippen LogP contribution is 2.35. The fraction of sp³-hybridized carbons (Fsp3) is 0.167. The molecule has 2 N–H and O–H groups in total. The first kappa shape index (κ1) is 18.8. The Hall–Kier alpha value is -3.95. The van der Waals surface area contributed by atoms with E-state index in [1.807, 2.05) is 0 Å². The summed E-state index contributed by atoms with van der Waals surface area (Å²) >= 11 is 0. The van der Waals surface area contributed by atoms with Crippen LogP contribution < -0.4 is 15.0 Å². The van der Waals surface area contributed by atoms with Crippen LogP contribution in [0.5, 0.6) is 5.75 Å². The van der Waals surface area contributed by atoms with Gasteiger partial charge in [0, 0.05) is 11.8 Å². The maximum atomic E-state index is 12.4. The minimum absolute atomic E-state index is 0.00213. The van der Waals surface area contributed by atoms with Gasteiger partial charge in [-0.15, -0.1) is 0 Å². The van der Waals surface area contributed by atoms with Gasteiger partial charge >= 0.3 is 11.9 Å². The number of hydrogen-bond acceptors (Lipinski definition) is 7. The number of ether oxygens (including phenoxy) is 1. The van der Waals surface area contributed by atoms with Crippen molar-refractivity contribution in [3.05, 3.63) is 57.6 Å². The quantitative estimate of drug-likeness (QED) is 0.345. The molecule has 0 spiro atoms. The molecule has 0 fully saturated rings. The number of fused-ring (bicyclic) bond motifs is 1. The number of anilines is 2. The van der Waals surface area contributed by atoms with Gasteiger partial charge in [-0.1, -0.05) is 6.07 Å². The Morgan fingerprint density at radius 2 is 2.04 bits per heavy atom. The standard InChI is InChI=1S/C18H15N3O7/c1-10-2-3-11(18(24)25)6-13(10)19-16(22)8-20-9-17(23)28-15-7-12(21(26)27)4-5-14(15)20/h2-7H,8-9H2,1H3,(H,19,22)(H,24,25). The van der Waals surface area contributed by atoms with Gasteiger partial charge in [0.1, 0.15) is 6.54 Å². The van der Waals surface area contributed by atoms with Crippen molar-refractivity contribution in [1.29, 1.82) is 0 Å². The van der Waals surface area contributed by atoms with E-state index in [1.54, 1.807) is 13.0 Å². The maximum Gasteiger partial charge on any atom is 0.335 e. The fourth-order valence-electron chi connectivity index (χ4n) is 2.75. The summed E-state index contributed by atoms with van der Waals surface area (Å²) in [5.41, 5.74) is 1.18. The summed E-state index contributed by atoms with van der Waals surface area (Å²) < 4.78 is 5.03. The van der Waals surface area contributed by atoms with Crippen molar-refractivity contribution >= 4 is 34.9 Å². The second-order valence-electron chi connectivity index (χ2n) is 6.12. The predicted octanol–water partition coefficient (Wildman–Crippen LogP) is 1.97. The van der Waals surface area contributed by atoms with E-state index in [2.05, 4.69) is 5.32 Å². The van der Waals surface area contributed by atoms with Crippen molar-refractivity contribution < 1.29 is 29.2 Å². The smallest absolute Gasteiger partial charge is 0.335 e. The van der Waals surface area contributed by atoms with Crippen molar-refractivity contribution in [2.45, 2.75) is 6.92 Å². The Morgan fingerprint density at radius 3 is 2.71 bits per heavy atom. The van der Waals surface area contributed by atoms with Crippen LogP contribution in [-0.4, -0.2) is 41.0 Å². The summed E-state index contributed by atoms with van der Waals surface area (Å²) in [6.07, 6.45) is 0. The highest BCUT2D eigenvalue weighted by atomic mass is 16.6. The number of esters is 1. The third-order valence-electron chi connectivity index (χ3n) is 4.13. The topological polar surface area (TPSA) is 139 Å². The molecule has 0 radical (unpaired) electrons. The number of nitrogens with one attached hydrogen (secondary N) is 1. The number of carbonyl (C=O) groups is 3. The number of aryl methyl sites for hydroxylation is 1. The van der Waals surface area contributed by atoms with Gasteiger partial charge in [-0.3, -0.25) is 14.9 Å². The monoisotopic (exact) mass is 385 g/mol. The van der Waals surface area contributed by atoms with Crippen LogP contribution in [0.3, 0.4) is 0 Å². The minimum atomic E-state index is -1.12. The van der Waals surface area contributed by atoms with Gasteiger partial charge < -0.3 is 20.1 Å². The summed E-state index contributed by atoms with van der Waals surface area (Å²) in [6.45, 7) is 1.29. The lowest BCUT2D eigenvalue weighted by molar-refractivity contribution is -0.384. The summed E-state index contributed by atoms with van der Waals surface area (Å²) in [5.74, 6) is -2.25. The van der Waals surface area contributed by atoms with Crippen LogP contribution in [-0.2, 0) is 9.59 Å². The van der Waals surface area contributed by atoms with E-state index < -0.39 is 22.8 Å². The molecule has 0 aromatic heterocycles. The summed E-state index contributed by atoms with van der Waals surface area (Å²) in [6, 6.07) is 8.13. The van der Waals surface area contributed by atoms with Crippen LogP contribution in [0.1, 0.15) is 15.9 Å². The molecular weight excluding hydrogens is 370 g/mol. The lowest BCUT2D eigenvalue weighted by Crippen LogP contribution is -2.41. The third-order valence-corrected chi connectivity index (χ3v) is 4.13. The van der Waals surface area contributed by atoms with Gasteiger partial charge in [-0.05, 0) is 30.7 Å². The fourth-order valence-corrected chi connectivity index (χ4v) is 2.75. The molecular formula is C18H15N3O7. The molecule has 10 heteroatoms. The number of carbonyl (C=O) groups excluding carboxylic acids is 2.